The van der Waals surface area contributed by atoms with Crippen LogP contribution >= 0.6 is 0 Å². The number of carbonyl (C=O) groups is 1. The molecule has 0 unspecified atom stereocenters. The lowest BCUT2D eigenvalue weighted by molar-refractivity contribution is -0.126. The number of amides is 1. The summed E-state index contributed by atoms with van der Waals surface area (Å²) in [6.07, 6.45) is 9.12. The predicted molar refractivity (Wildman–Crippen MR) is 108 cm³/mol. The highest BCUT2D eigenvalue weighted by molar-refractivity contribution is 7.83. The summed E-state index contributed by atoms with van der Waals surface area (Å²) in [6.45, 7) is 3.62. The Bertz CT molecular complexity index is 732. The van der Waals surface area contributed by atoms with Gasteiger partial charge in [-0.15, -0.1) is 0 Å². The van der Waals surface area contributed by atoms with Crippen LogP contribution in [0.25, 0.3) is 0 Å². The molecule has 3 aliphatic heterocycles. The quantitative estimate of drug-likeness (QED) is 0.536. The zero-order valence-corrected chi connectivity index (χ0v) is 17.8. The molecule has 164 valence electrons. The summed E-state index contributed by atoms with van der Waals surface area (Å²) < 4.78 is 32.8. The van der Waals surface area contributed by atoms with E-state index in [1.54, 1.807) is 0 Å². The molecule has 4 rings (SSSR count). The lowest BCUT2D eigenvalue weighted by atomic mass is 9.87. The number of rotatable bonds is 3. The Morgan fingerprint density at radius 2 is 1.62 bits per heavy atom. The normalized spacial score (nSPS) is 27.5. The molecular formula is C19H32N4O5S. The second-order valence-electron chi connectivity index (χ2n) is 8.84. The van der Waals surface area contributed by atoms with Crippen LogP contribution in [-0.2, 0) is 19.9 Å². The number of oxime groups is 1. The molecule has 3 fully saturated rings. The average Bonchev–Trinajstić information content (AvgIpc) is 2.93. The van der Waals surface area contributed by atoms with Crippen LogP contribution in [0.3, 0.4) is 0 Å². The van der Waals surface area contributed by atoms with Crippen LogP contribution < -0.4 is 0 Å². The van der Waals surface area contributed by atoms with Crippen molar-refractivity contribution in [1.29, 1.82) is 0 Å². The van der Waals surface area contributed by atoms with Gasteiger partial charge in [0.2, 0.25) is 0 Å². The van der Waals surface area contributed by atoms with E-state index in [1.807, 2.05) is 4.90 Å². The molecule has 1 saturated carbocycles. The SMILES string of the molecule is O=C(C1=NOC2(CCN(S(=O)(=O)O)CC2)C1)N1CCN(C2CCCCCC2)CC1. The Balaban J connectivity index is 1.27. The highest BCUT2D eigenvalue weighted by atomic mass is 32.2. The fourth-order valence-electron chi connectivity index (χ4n) is 5.12. The highest BCUT2D eigenvalue weighted by Crippen LogP contribution is 2.35. The van der Waals surface area contributed by atoms with Crippen LogP contribution in [0.2, 0.25) is 0 Å². The van der Waals surface area contributed by atoms with Gasteiger partial charge in [0.1, 0.15) is 11.3 Å². The van der Waals surface area contributed by atoms with Crippen molar-refractivity contribution in [2.75, 3.05) is 39.3 Å². The van der Waals surface area contributed by atoms with Gasteiger partial charge in [0.05, 0.1) is 0 Å². The van der Waals surface area contributed by atoms with Crippen LogP contribution in [0.1, 0.15) is 57.8 Å². The summed E-state index contributed by atoms with van der Waals surface area (Å²) in [5.41, 5.74) is -0.179. The first-order chi connectivity index (χ1) is 13.9. The van der Waals surface area contributed by atoms with Gasteiger partial charge in [-0.05, 0) is 12.8 Å². The fraction of sp³-hybridized carbons (Fsp3) is 0.895. The molecule has 0 aromatic carbocycles. The number of hydrogen-bond donors (Lipinski definition) is 1. The van der Waals surface area contributed by atoms with Gasteiger partial charge in [-0.3, -0.25) is 14.2 Å². The molecule has 1 aliphatic carbocycles. The number of piperazine rings is 1. The molecule has 0 aromatic rings. The molecule has 3 heterocycles. The minimum Gasteiger partial charge on any atom is -0.388 e. The summed E-state index contributed by atoms with van der Waals surface area (Å²) in [5.74, 6) is -0.0559. The monoisotopic (exact) mass is 428 g/mol. The van der Waals surface area contributed by atoms with E-state index >= 15 is 0 Å². The van der Waals surface area contributed by atoms with Crippen molar-refractivity contribution in [3.05, 3.63) is 0 Å². The lowest BCUT2D eigenvalue weighted by Gasteiger charge is -2.39. The van der Waals surface area contributed by atoms with Crippen LogP contribution in [0.5, 0.6) is 0 Å². The molecule has 29 heavy (non-hydrogen) atoms. The third-order valence-corrected chi connectivity index (χ3v) is 8.01. The van der Waals surface area contributed by atoms with Gasteiger partial charge in [0, 0.05) is 64.6 Å². The van der Waals surface area contributed by atoms with Crippen molar-refractivity contribution in [3.63, 3.8) is 0 Å². The van der Waals surface area contributed by atoms with E-state index < -0.39 is 15.9 Å². The summed E-state index contributed by atoms with van der Waals surface area (Å²) in [5, 5.41) is 4.08. The first-order valence-corrected chi connectivity index (χ1v) is 12.3. The van der Waals surface area contributed by atoms with E-state index in [2.05, 4.69) is 10.1 Å². The topological polar surface area (TPSA) is 103 Å². The zero-order valence-electron chi connectivity index (χ0n) is 17.0. The maximum Gasteiger partial charge on any atom is 0.335 e. The number of carbonyl (C=O) groups excluding carboxylic acids is 1. The van der Waals surface area contributed by atoms with Crippen LogP contribution in [0, 0.1) is 0 Å². The molecule has 1 spiro atoms. The lowest BCUT2D eigenvalue weighted by Crippen LogP contribution is -2.53. The fourth-order valence-corrected chi connectivity index (χ4v) is 5.77. The highest BCUT2D eigenvalue weighted by Gasteiger charge is 2.46. The second-order valence-corrected chi connectivity index (χ2v) is 10.3. The third kappa shape index (κ3) is 4.76. The third-order valence-electron chi connectivity index (χ3n) is 6.99. The van der Waals surface area contributed by atoms with Crippen LogP contribution in [0.4, 0.5) is 0 Å². The van der Waals surface area contributed by atoms with Gasteiger partial charge >= 0.3 is 10.3 Å². The molecule has 4 aliphatic rings. The molecule has 0 bridgehead atoms. The van der Waals surface area contributed by atoms with Crippen LogP contribution in [-0.4, -0.2) is 89.6 Å². The standard InChI is InChI=1S/C19H32N4O5S/c24-18(22-13-11-21(12-14-22)16-5-3-1-2-4-6-16)17-15-19(28-20-17)7-9-23(10-8-19)29(25,26)27/h16H,1-15H2,(H,25,26,27). The molecular weight excluding hydrogens is 396 g/mol. The molecule has 10 heteroatoms. The van der Waals surface area contributed by atoms with Crippen molar-refractivity contribution in [1.82, 2.24) is 14.1 Å². The smallest absolute Gasteiger partial charge is 0.335 e. The molecule has 0 aromatic heterocycles. The summed E-state index contributed by atoms with van der Waals surface area (Å²) >= 11 is 0. The first kappa shape index (κ1) is 21.0. The van der Waals surface area contributed by atoms with Crippen molar-refractivity contribution < 1.29 is 22.6 Å². The zero-order chi connectivity index (χ0) is 20.5. The molecule has 0 radical (unpaired) electrons. The molecule has 1 amide bonds. The van der Waals surface area contributed by atoms with Gasteiger partial charge in [0.15, 0.2) is 0 Å². The van der Waals surface area contributed by atoms with E-state index in [1.165, 1.54) is 38.5 Å². The van der Waals surface area contributed by atoms with E-state index in [0.717, 1.165) is 30.5 Å². The maximum atomic E-state index is 12.9. The Hall–Kier alpha value is -1.23. The average molecular weight is 429 g/mol. The van der Waals surface area contributed by atoms with Gasteiger partial charge in [-0.1, -0.05) is 30.8 Å². The van der Waals surface area contributed by atoms with Gasteiger partial charge in [-0.2, -0.15) is 12.7 Å². The second kappa shape index (κ2) is 8.49. The summed E-state index contributed by atoms with van der Waals surface area (Å²) in [7, 11) is -4.18. The van der Waals surface area contributed by atoms with Gasteiger partial charge in [0.25, 0.3) is 5.91 Å². The van der Waals surface area contributed by atoms with E-state index in [0.29, 0.717) is 31.0 Å². The molecule has 1 N–H and O–H groups in total. The Kier molecular flexibility index (Phi) is 6.15. The minimum absolute atomic E-state index is 0.0559. The van der Waals surface area contributed by atoms with Crippen molar-refractivity contribution in [3.8, 4) is 0 Å². The molecule has 0 atom stereocenters. The number of piperidine rings is 1. The maximum absolute atomic E-state index is 12.9. The summed E-state index contributed by atoms with van der Waals surface area (Å²) in [6, 6.07) is 0.665. The Morgan fingerprint density at radius 1 is 1.00 bits per heavy atom. The van der Waals surface area contributed by atoms with Crippen molar-refractivity contribution >= 4 is 21.9 Å². The van der Waals surface area contributed by atoms with Crippen molar-refractivity contribution in [2.24, 2.45) is 5.16 Å². The van der Waals surface area contributed by atoms with Crippen molar-refractivity contribution in [2.45, 2.75) is 69.4 Å². The number of nitrogens with zero attached hydrogens (tertiary/aromatic N) is 4. The van der Waals surface area contributed by atoms with E-state index in [4.69, 9.17) is 4.84 Å². The predicted octanol–water partition coefficient (Wildman–Crippen LogP) is 1.27. The van der Waals surface area contributed by atoms with E-state index in [9.17, 15) is 17.8 Å². The van der Waals surface area contributed by atoms with Gasteiger partial charge < -0.3 is 9.74 Å². The summed E-state index contributed by atoms with van der Waals surface area (Å²) in [4.78, 5) is 23.0. The first-order valence-electron chi connectivity index (χ1n) is 10.9. The van der Waals surface area contributed by atoms with Gasteiger partial charge in [-0.25, -0.2) is 0 Å². The van der Waals surface area contributed by atoms with E-state index in [-0.39, 0.29) is 19.0 Å². The minimum atomic E-state index is -4.18. The molecule has 9 nitrogen and oxygen atoms in total. The Morgan fingerprint density at radius 3 is 2.21 bits per heavy atom. The number of hydrogen-bond acceptors (Lipinski definition) is 6. The Labute approximate surface area is 172 Å². The van der Waals surface area contributed by atoms with Crippen LogP contribution in [0.15, 0.2) is 5.16 Å². The largest absolute Gasteiger partial charge is 0.388 e. The molecule has 2 saturated heterocycles.